The van der Waals surface area contributed by atoms with Crippen molar-refractivity contribution >= 4 is 0 Å². The van der Waals surface area contributed by atoms with Crippen molar-refractivity contribution in [3.63, 3.8) is 0 Å². The number of unbranched alkanes of at least 4 members (excludes halogenated alkanes) is 5. The Bertz CT molecular complexity index is 368. The topological polar surface area (TPSA) is 9.23 Å². The monoisotopic (exact) mass is 262 g/mol. The molecular weight excluding hydrogens is 232 g/mol. The van der Waals surface area contributed by atoms with Gasteiger partial charge in [0.2, 0.25) is 0 Å². The van der Waals surface area contributed by atoms with Crippen LogP contribution >= 0.6 is 0 Å². The van der Waals surface area contributed by atoms with Crippen LogP contribution < -0.4 is 4.74 Å². The molecule has 19 heavy (non-hydrogen) atoms. The summed E-state index contributed by atoms with van der Waals surface area (Å²) >= 11 is 0. The lowest BCUT2D eigenvalue weighted by Gasteiger charge is -2.13. The molecule has 0 aromatic heterocycles. The van der Waals surface area contributed by atoms with Crippen LogP contribution in [0.3, 0.4) is 0 Å². The van der Waals surface area contributed by atoms with E-state index in [0.717, 1.165) is 12.2 Å². The fourth-order valence-corrected chi connectivity index (χ4v) is 2.74. The SMILES string of the molecule is CCCCCCCCc1cc(C)c(OC)c(CC)c1. The van der Waals surface area contributed by atoms with Gasteiger partial charge in [-0.3, -0.25) is 0 Å². The molecule has 0 aliphatic heterocycles. The molecular formula is C18H30O. The molecule has 1 aromatic rings. The Labute approximate surface area is 119 Å². The van der Waals surface area contributed by atoms with E-state index in [9.17, 15) is 0 Å². The summed E-state index contributed by atoms with van der Waals surface area (Å²) in [6.45, 7) is 6.63. The lowest BCUT2D eigenvalue weighted by atomic mass is 9.98. The van der Waals surface area contributed by atoms with Crippen molar-refractivity contribution in [3.8, 4) is 5.75 Å². The fourth-order valence-electron chi connectivity index (χ4n) is 2.74. The molecule has 0 radical (unpaired) electrons. The third-order valence-electron chi connectivity index (χ3n) is 3.82. The molecule has 1 rings (SSSR count). The molecule has 0 N–H and O–H groups in total. The summed E-state index contributed by atoms with van der Waals surface area (Å²) in [6, 6.07) is 4.63. The summed E-state index contributed by atoms with van der Waals surface area (Å²) in [4.78, 5) is 0. The smallest absolute Gasteiger partial charge is 0.124 e. The van der Waals surface area contributed by atoms with Crippen molar-refractivity contribution in [2.45, 2.75) is 72.1 Å². The summed E-state index contributed by atoms with van der Waals surface area (Å²) in [7, 11) is 1.77. The van der Waals surface area contributed by atoms with Gasteiger partial charge in [0.1, 0.15) is 5.75 Å². The molecule has 0 saturated heterocycles. The average molecular weight is 262 g/mol. The van der Waals surface area contributed by atoms with E-state index in [2.05, 4.69) is 32.9 Å². The van der Waals surface area contributed by atoms with E-state index in [1.54, 1.807) is 7.11 Å². The van der Waals surface area contributed by atoms with E-state index in [-0.39, 0.29) is 0 Å². The lowest BCUT2D eigenvalue weighted by molar-refractivity contribution is 0.406. The van der Waals surface area contributed by atoms with Crippen LogP contribution in [-0.2, 0) is 12.8 Å². The minimum atomic E-state index is 1.05. The number of hydrogen-bond acceptors (Lipinski definition) is 1. The quantitative estimate of drug-likeness (QED) is 0.536. The Balaban J connectivity index is 2.48. The molecule has 0 atom stereocenters. The first-order valence-corrected chi connectivity index (χ1v) is 7.89. The van der Waals surface area contributed by atoms with E-state index in [1.807, 2.05) is 0 Å². The van der Waals surface area contributed by atoms with E-state index in [1.165, 1.54) is 61.6 Å². The molecule has 0 bridgehead atoms. The molecule has 1 nitrogen and oxygen atoms in total. The Morgan fingerprint density at radius 1 is 0.947 bits per heavy atom. The molecule has 0 aliphatic carbocycles. The predicted octanol–water partition coefficient (Wildman–Crippen LogP) is 5.47. The molecule has 1 aromatic carbocycles. The maximum absolute atomic E-state index is 5.49. The van der Waals surface area contributed by atoms with Gasteiger partial charge in [-0.05, 0) is 42.9 Å². The van der Waals surface area contributed by atoms with Gasteiger partial charge in [0.25, 0.3) is 0 Å². The molecule has 0 amide bonds. The fraction of sp³-hybridized carbons (Fsp3) is 0.667. The van der Waals surface area contributed by atoms with Crippen LogP contribution in [0.2, 0.25) is 0 Å². The van der Waals surface area contributed by atoms with Gasteiger partial charge in [0, 0.05) is 0 Å². The largest absolute Gasteiger partial charge is 0.496 e. The van der Waals surface area contributed by atoms with Gasteiger partial charge >= 0.3 is 0 Å². The normalized spacial score (nSPS) is 10.7. The van der Waals surface area contributed by atoms with Crippen LogP contribution in [0.25, 0.3) is 0 Å². The van der Waals surface area contributed by atoms with Gasteiger partial charge in [-0.25, -0.2) is 0 Å². The number of ether oxygens (including phenoxy) is 1. The van der Waals surface area contributed by atoms with Crippen molar-refractivity contribution < 1.29 is 4.74 Å². The third-order valence-corrected chi connectivity index (χ3v) is 3.82. The molecule has 0 unspecified atom stereocenters. The first kappa shape index (κ1) is 16.1. The zero-order chi connectivity index (χ0) is 14.1. The van der Waals surface area contributed by atoms with Gasteiger partial charge in [-0.2, -0.15) is 0 Å². The zero-order valence-electron chi connectivity index (χ0n) is 13.2. The van der Waals surface area contributed by atoms with Gasteiger partial charge in [0.15, 0.2) is 0 Å². The van der Waals surface area contributed by atoms with Crippen LogP contribution in [0.4, 0.5) is 0 Å². The Kier molecular flexibility index (Phi) is 7.62. The predicted molar refractivity (Wildman–Crippen MR) is 84.2 cm³/mol. The number of rotatable bonds is 9. The van der Waals surface area contributed by atoms with Crippen LogP contribution in [0.15, 0.2) is 12.1 Å². The van der Waals surface area contributed by atoms with Crippen molar-refractivity contribution in [2.75, 3.05) is 7.11 Å². The van der Waals surface area contributed by atoms with Gasteiger partial charge in [-0.1, -0.05) is 58.1 Å². The Morgan fingerprint density at radius 2 is 1.63 bits per heavy atom. The standard InChI is InChI=1S/C18H30O/c1-5-7-8-9-10-11-12-16-13-15(3)18(19-4)17(6-2)14-16/h13-14H,5-12H2,1-4H3. The molecule has 0 fully saturated rings. The highest BCUT2D eigenvalue weighted by Gasteiger charge is 2.07. The molecule has 0 heterocycles. The van der Waals surface area contributed by atoms with Crippen LogP contribution in [0.5, 0.6) is 5.75 Å². The van der Waals surface area contributed by atoms with Gasteiger partial charge < -0.3 is 4.74 Å². The molecule has 108 valence electrons. The summed E-state index contributed by atoms with van der Waals surface area (Å²) < 4.78 is 5.49. The van der Waals surface area contributed by atoms with Crippen molar-refractivity contribution in [1.29, 1.82) is 0 Å². The van der Waals surface area contributed by atoms with E-state index >= 15 is 0 Å². The second-order valence-electron chi connectivity index (χ2n) is 5.48. The van der Waals surface area contributed by atoms with Crippen LogP contribution in [0.1, 0.15) is 69.1 Å². The summed E-state index contributed by atoms with van der Waals surface area (Å²) in [5.74, 6) is 1.08. The third kappa shape index (κ3) is 5.26. The summed E-state index contributed by atoms with van der Waals surface area (Å²) in [5.41, 5.74) is 4.11. The number of benzene rings is 1. The van der Waals surface area contributed by atoms with Gasteiger partial charge in [0.05, 0.1) is 7.11 Å². The van der Waals surface area contributed by atoms with Gasteiger partial charge in [-0.15, -0.1) is 0 Å². The first-order valence-electron chi connectivity index (χ1n) is 7.89. The maximum atomic E-state index is 5.49. The van der Waals surface area contributed by atoms with Crippen LogP contribution in [-0.4, -0.2) is 7.11 Å². The molecule has 1 heteroatoms. The van der Waals surface area contributed by atoms with Crippen molar-refractivity contribution in [2.24, 2.45) is 0 Å². The van der Waals surface area contributed by atoms with E-state index in [4.69, 9.17) is 4.74 Å². The molecule has 0 aliphatic rings. The summed E-state index contributed by atoms with van der Waals surface area (Å²) in [5, 5.41) is 0. The second kappa shape index (κ2) is 9.01. The highest BCUT2D eigenvalue weighted by atomic mass is 16.5. The Hall–Kier alpha value is -0.980. The average Bonchev–Trinajstić information content (AvgIpc) is 2.42. The summed E-state index contributed by atoms with van der Waals surface area (Å²) in [6.07, 6.45) is 10.5. The minimum Gasteiger partial charge on any atom is -0.496 e. The second-order valence-corrected chi connectivity index (χ2v) is 5.48. The number of aryl methyl sites for hydroxylation is 3. The lowest BCUT2D eigenvalue weighted by Crippen LogP contribution is -1.97. The highest BCUT2D eigenvalue weighted by Crippen LogP contribution is 2.26. The zero-order valence-corrected chi connectivity index (χ0v) is 13.2. The number of hydrogen-bond donors (Lipinski definition) is 0. The van der Waals surface area contributed by atoms with E-state index in [0.29, 0.717) is 0 Å². The van der Waals surface area contributed by atoms with Crippen molar-refractivity contribution in [3.05, 3.63) is 28.8 Å². The molecule has 0 spiro atoms. The Morgan fingerprint density at radius 3 is 2.26 bits per heavy atom. The molecule has 0 saturated carbocycles. The minimum absolute atomic E-state index is 1.05. The maximum Gasteiger partial charge on any atom is 0.124 e. The first-order chi connectivity index (χ1) is 9.22. The van der Waals surface area contributed by atoms with E-state index < -0.39 is 0 Å². The van der Waals surface area contributed by atoms with Crippen molar-refractivity contribution in [1.82, 2.24) is 0 Å². The van der Waals surface area contributed by atoms with Crippen LogP contribution in [0, 0.1) is 6.92 Å². The highest BCUT2D eigenvalue weighted by molar-refractivity contribution is 5.44. The number of methoxy groups -OCH3 is 1.